The number of methoxy groups -OCH3 is 1. The van der Waals surface area contributed by atoms with Crippen molar-refractivity contribution in [3.8, 4) is 5.75 Å². The van der Waals surface area contributed by atoms with Crippen LogP contribution in [0.5, 0.6) is 5.75 Å². The van der Waals surface area contributed by atoms with Gasteiger partial charge in [0.15, 0.2) is 11.6 Å². The van der Waals surface area contributed by atoms with Gasteiger partial charge >= 0.3 is 5.97 Å². The molecular weight excluding hydrogens is 346 g/mol. The first kappa shape index (κ1) is 18.8. The zero-order chi connectivity index (χ0) is 19.2. The van der Waals surface area contributed by atoms with Gasteiger partial charge in [0.2, 0.25) is 0 Å². The number of hydrogen-bond donors (Lipinski definition) is 2. The minimum Gasteiger partial charge on any atom is -0.492 e. The van der Waals surface area contributed by atoms with Crippen LogP contribution in [0.1, 0.15) is 19.8 Å². The molecule has 144 valence electrons. The van der Waals surface area contributed by atoms with Gasteiger partial charge in [0.25, 0.3) is 0 Å². The molecule has 8 heteroatoms. The molecule has 0 radical (unpaired) electrons. The van der Waals surface area contributed by atoms with E-state index in [1.54, 1.807) is 0 Å². The van der Waals surface area contributed by atoms with E-state index < -0.39 is 0 Å². The van der Waals surface area contributed by atoms with Crippen molar-refractivity contribution in [2.24, 2.45) is 5.92 Å². The Morgan fingerprint density at radius 3 is 2.74 bits per heavy atom. The number of esters is 1. The molecule has 3 rings (SSSR count). The number of nitrogens with two attached hydrogens (primary N) is 1. The maximum Gasteiger partial charge on any atom is 0.308 e. The maximum atomic E-state index is 11.7. The number of aromatic nitrogens is 2. The predicted molar refractivity (Wildman–Crippen MR) is 104 cm³/mol. The normalized spacial score (nSPS) is 14.7. The Balaban J connectivity index is 1.76. The van der Waals surface area contributed by atoms with Gasteiger partial charge in [-0.15, -0.1) is 0 Å². The minimum absolute atomic E-state index is 0.0648. The molecule has 0 spiro atoms. The molecule has 0 atom stereocenters. The first-order valence-corrected chi connectivity index (χ1v) is 9.06. The molecule has 1 aromatic heterocycles. The van der Waals surface area contributed by atoms with E-state index in [2.05, 4.69) is 20.2 Å². The van der Waals surface area contributed by atoms with Gasteiger partial charge in [-0.25, -0.2) is 9.97 Å². The number of hydrogen-bond acceptors (Lipinski definition) is 8. The number of nitrogens with one attached hydrogen (secondary N) is 1. The SMILES string of the molecule is CCOc1ccccc1Nc1ncnc(N2CCC(C(=O)OC)CC2)c1N. The van der Waals surface area contributed by atoms with Crippen molar-refractivity contribution in [2.75, 3.05) is 42.8 Å². The van der Waals surface area contributed by atoms with Crippen LogP contribution >= 0.6 is 0 Å². The highest BCUT2D eigenvalue weighted by Crippen LogP contribution is 2.33. The topological polar surface area (TPSA) is 103 Å². The summed E-state index contributed by atoms with van der Waals surface area (Å²) in [5, 5.41) is 3.24. The van der Waals surface area contributed by atoms with Gasteiger partial charge in [-0.05, 0) is 31.9 Å². The summed E-state index contributed by atoms with van der Waals surface area (Å²) in [4.78, 5) is 22.4. The number of nitrogen functional groups attached to an aromatic ring is 1. The minimum atomic E-state index is -0.153. The van der Waals surface area contributed by atoms with Crippen LogP contribution in [0.15, 0.2) is 30.6 Å². The van der Waals surface area contributed by atoms with E-state index in [0.717, 1.165) is 11.4 Å². The zero-order valence-electron chi connectivity index (χ0n) is 15.6. The largest absolute Gasteiger partial charge is 0.492 e. The summed E-state index contributed by atoms with van der Waals surface area (Å²) < 4.78 is 10.5. The van der Waals surface area contributed by atoms with Crippen LogP contribution in [0.2, 0.25) is 0 Å². The summed E-state index contributed by atoms with van der Waals surface area (Å²) in [6.45, 7) is 3.89. The van der Waals surface area contributed by atoms with Crippen LogP contribution < -0.4 is 20.7 Å². The number of rotatable bonds is 6. The Hall–Kier alpha value is -3.03. The molecule has 2 heterocycles. The maximum absolute atomic E-state index is 11.7. The summed E-state index contributed by atoms with van der Waals surface area (Å²) in [5.74, 6) is 1.72. The van der Waals surface area contributed by atoms with Gasteiger partial charge in [0.1, 0.15) is 17.8 Å². The smallest absolute Gasteiger partial charge is 0.308 e. The third-order valence-electron chi connectivity index (χ3n) is 4.63. The highest BCUT2D eigenvalue weighted by Gasteiger charge is 2.27. The van der Waals surface area contributed by atoms with Crippen molar-refractivity contribution in [3.63, 3.8) is 0 Å². The van der Waals surface area contributed by atoms with E-state index in [1.807, 2.05) is 31.2 Å². The molecule has 2 aromatic rings. The van der Waals surface area contributed by atoms with Crippen LogP contribution in [0, 0.1) is 5.92 Å². The number of anilines is 4. The van der Waals surface area contributed by atoms with Gasteiger partial charge in [-0.2, -0.15) is 0 Å². The average molecular weight is 371 g/mol. The first-order chi connectivity index (χ1) is 13.1. The van der Waals surface area contributed by atoms with Crippen molar-refractivity contribution < 1.29 is 14.3 Å². The molecule has 1 aromatic carbocycles. The van der Waals surface area contributed by atoms with Crippen LogP contribution in [0.3, 0.4) is 0 Å². The summed E-state index contributed by atoms with van der Waals surface area (Å²) in [7, 11) is 1.43. The molecular formula is C19H25N5O3. The van der Waals surface area contributed by atoms with E-state index in [4.69, 9.17) is 15.2 Å². The fourth-order valence-corrected chi connectivity index (χ4v) is 3.21. The number of carbonyl (C=O) groups is 1. The highest BCUT2D eigenvalue weighted by molar-refractivity contribution is 5.80. The zero-order valence-corrected chi connectivity index (χ0v) is 15.6. The summed E-state index contributed by atoms with van der Waals surface area (Å²) >= 11 is 0. The highest BCUT2D eigenvalue weighted by atomic mass is 16.5. The molecule has 1 fully saturated rings. The molecule has 1 aliphatic heterocycles. The van der Waals surface area contributed by atoms with Crippen LogP contribution in [-0.4, -0.2) is 42.7 Å². The van der Waals surface area contributed by atoms with E-state index in [0.29, 0.717) is 49.9 Å². The van der Waals surface area contributed by atoms with Crippen LogP contribution in [-0.2, 0) is 9.53 Å². The van der Waals surface area contributed by atoms with Crippen LogP contribution in [0.4, 0.5) is 23.0 Å². The lowest BCUT2D eigenvalue weighted by Gasteiger charge is -2.32. The van der Waals surface area contributed by atoms with E-state index in [9.17, 15) is 4.79 Å². The molecule has 1 aliphatic rings. The predicted octanol–water partition coefficient (Wildman–Crippen LogP) is 2.59. The lowest BCUT2D eigenvalue weighted by atomic mass is 9.97. The van der Waals surface area contributed by atoms with Gasteiger partial charge in [0, 0.05) is 13.1 Å². The summed E-state index contributed by atoms with van der Waals surface area (Å²) in [5.41, 5.74) is 7.61. The van der Waals surface area contributed by atoms with Crippen molar-refractivity contribution in [1.82, 2.24) is 9.97 Å². The number of ether oxygens (including phenoxy) is 2. The molecule has 0 saturated carbocycles. The van der Waals surface area contributed by atoms with Crippen LogP contribution in [0.25, 0.3) is 0 Å². The van der Waals surface area contributed by atoms with E-state index >= 15 is 0 Å². The fraction of sp³-hybridized carbons (Fsp3) is 0.421. The fourth-order valence-electron chi connectivity index (χ4n) is 3.21. The quantitative estimate of drug-likeness (QED) is 0.747. The number of benzene rings is 1. The van der Waals surface area contributed by atoms with Crippen molar-refractivity contribution in [2.45, 2.75) is 19.8 Å². The Kier molecular flexibility index (Phi) is 5.95. The Bertz CT molecular complexity index is 791. The second-order valence-electron chi connectivity index (χ2n) is 6.30. The molecule has 0 amide bonds. The first-order valence-electron chi connectivity index (χ1n) is 9.06. The Morgan fingerprint density at radius 1 is 1.30 bits per heavy atom. The molecule has 3 N–H and O–H groups in total. The Labute approximate surface area is 158 Å². The second kappa shape index (κ2) is 8.57. The van der Waals surface area contributed by atoms with Crippen molar-refractivity contribution >= 4 is 29.0 Å². The third kappa shape index (κ3) is 4.21. The van der Waals surface area contributed by atoms with Gasteiger partial charge in [0.05, 0.1) is 25.3 Å². The molecule has 27 heavy (non-hydrogen) atoms. The lowest BCUT2D eigenvalue weighted by Crippen LogP contribution is -2.37. The molecule has 0 aliphatic carbocycles. The number of nitrogens with zero attached hydrogens (tertiary/aromatic N) is 3. The van der Waals surface area contributed by atoms with E-state index in [-0.39, 0.29) is 11.9 Å². The Morgan fingerprint density at radius 2 is 2.04 bits per heavy atom. The summed E-state index contributed by atoms with van der Waals surface area (Å²) in [6, 6.07) is 7.63. The van der Waals surface area contributed by atoms with Crippen molar-refractivity contribution in [1.29, 1.82) is 0 Å². The standard InChI is InChI=1S/C19H25N5O3/c1-3-27-15-7-5-4-6-14(15)23-17-16(20)18(22-12-21-17)24-10-8-13(9-11-24)19(25)26-2/h4-7,12-13H,3,8-11,20H2,1-2H3,(H,21,22,23). The summed E-state index contributed by atoms with van der Waals surface area (Å²) in [6.07, 6.45) is 2.92. The van der Waals surface area contributed by atoms with Gasteiger partial charge < -0.3 is 25.4 Å². The molecule has 1 saturated heterocycles. The lowest BCUT2D eigenvalue weighted by molar-refractivity contribution is -0.146. The average Bonchev–Trinajstić information content (AvgIpc) is 2.71. The number of piperidine rings is 1. The second-order valence-corrected chi connectivity index (χ2v) is 6.30. The van der Waals surface area contributed by atoms with Crippen molar-refractivity contribution in [3.05, 3.63) is 30.6 Å². The monoisotopic (exact) mass is 371 g/mol. The van der Waals surface area contributed by atoms with Gasteiger partial charge in [-0.3, -0.25) is 4.79 Å². The number of carbonyl (C=O) groups excluding carboxylic acids is 1. The molecule has 8 nitrogen and oxygen atoms in total. The van der Waals surface area contributed by atoms with E-state index in [1.165, 1.54) is 13.4 Å². The third-order valence-corrected chi connectivity index (χ3v) is 4.63. The molecule has 0 unspecified atom stereocenters. The number of para-hydroxylation sites is 2. The molecule has 0 bridgehead atoms. The van der Waals surface area contributed by atoms with Gasteiger partial charge in [-0.1, -0.05) is 12.1 Å².